The summed E-state index contributed by atoms with van der Waals surface area (Å²) in [7, 11) is -3.70. The van der Waals surface area contributed by atoms with E-state index in [2.05, 4.69) is 5.32 Å². The van der Waals surface area contributed by atoms with Crippen molar-refractivity contribution in [3.63, 3.8) is 0 Å². The number of nitrogens with one attached hydrogen (secondary N) is 1. The van der Waals surface area contributed by atoms with Gasteiger partial charge in [-0.15, -0.1) is 0 Å². The van der Waals surface area contributed by atoms with Crippen molar-refractivity contribution >= 4 is 15.9 Å². The fraction of sp³-hybridized carbons (Fsp3) is 0.435. The predicted molar refractivity (Wildman–Crippen MR) is 117 cm³/mol. The molecule has 0 spiro atoms. The van der Waals surface area contributed by atoms with Crippen molar-refractivity contribution in [2.45, 2.75) is 37.6 Å². The minimum absolute atomic E-state index is 0.140. The third-order valence-electron chi connectivity index (χ3n) is 5.88. The molecule has 2 aromatic rings. The average molecular weight is 463 g/mol. The van der Waals surface area contributed by atoms with Crippen LogP contribution in [0.4, 0.5) is 4.39 Å². The number of aryl methyl sites for hydroxylation is 1. The first-order valence-corrected chi connectivity index (χ1v) is 12.2. The molecule has 4 rings (SSSR count). The zero-order valence-electron chi connectivity index (χ0n) is 18.0. The minimum atomic E-state index is -3.70. The van der Waals surface area contributed by atoms with E-state index in [9.17, 15) is 17.6 Å². The molecule has 2 aromatic carbocycles. The van der Waals surface area contributed by atoms with E-state index in [1.807, 2.05) is 0 Å². The summed E-state index contributed by atoms with van der Waals surface area (Å²) >= 11 is 0. The van der Waals surface area contributed by atoms with Crippen LogP contribution >= 0.6 is 0 Å². The van der Waals surface area contributed by atoms with Gasteiger partial charge in [0.05, 0.1) is 18.1 Å². The van der Waals surface area contributed by atoms with Gasteiger partial charge in [0.15, 0.2) is 11.5 Å². The van der Waals surface area contributed by atoms with E-state index >= 15 is 0 Å². The second-order valence-corrected chi connectivity index (χ2v) is 10.1. The number of carbonyl (C=O) groups excluding carboxylic acids is 1. The highest BCUT2D eigenvalue weighted by Gasteiger charge is 2.32. The maximum absolute atomic E-state index is 13.7. The Labute approximate surface area is 187 Å². The lowest BCUT2D eigenvalue weighted by Gasteiger charge is -2.30. The summed E-state index contributed by atoms with van der Waals surface area (Å²) in [4.78, 5) is 12.7. The highest BCUT2D eigenvalue weighted by atomic mass is 32.2. The van der Waals surface area contributed by atoms with Crippen LogP contribution in [0, 0.1) is 18.7 Å². The van der Waals surface area contributed by atoms with Crippen molar-refractivity contribution in [3.8, 4) is 11.5 Å². The lowest BCUT2D eigenvalue weighted by molar-refractivity contribution is -0.126. The van der Waals surface area contributed by atoms with Gasteiger partial charge in [0.1, 0.15) is 5.82 Å². The highest BCUT2D eigenvalue weighted by Crippen LogP contribution is 2.33. The summed E-state index contributed by atoms with van der Waals surface area (Å²) in [5.41, 5.74) is 1.25. The second kappa shape index (κ2) is 9.46. The van der Waals surface area contributed by atoms with Gasteiger partial charge in [0.2, 0.25) is 15.9 Å². The molecule has 0 aliphatic carbocycles. The highest BCUT2D eigenvalue weighted by molar-refractivity contribution is 7.89. The van der Waals surface area contributed by atoms with E-state index in [0.717, 1.165) is 6.42 Å². The predicted octanol–water partition coefficient (Wildman–Crippen LogP) is 3.01. The van der Waals surface area contributed by atoms with Gasteiger partial charge in [0, 0.05) is 38.0 Å². The van der Waals surface area contributed by atoms with Crippen molar-refractivity contribution in [2.24, 2.45) is 5.92 Å². The molecular formula is C23H27FN2O5S. The Morgan fingerprint density at radius 2 is 1.81 bits per heavy atom. The lowest BCUT2D eigenvalue weighted by Crippen LogP contribution is -2.42. The first kappa shape index (κ1) is 22.5. The van der Waals surface area contributed by atoms with Crippen molar-refractivity contribution < 1.29 is 27.1 Å². The van der Waals surface area contributed by atoms with Crippen LogP contribution in [-0.2, 0) is 21.4 Å². The van der Waals surface area contributed by atoms with Gasteiger partial charge in [-0.25, -0.2) is 12.8 Å². The molecule has 0 atom stereocenters. The molecule has 2 heterocycles. The molecule has 0 aromatic heterocycles. The number of piperidine rings is 1. The lowest BCUT2D eigenvalue weighted by atomic mass is 9.97. The molecule has 1 N–H and O–H groups in total. The smallest absolute Gasteiger partial charge is 0.243 e. The molecule has 172 valence electrons. The molecule has 1 saturated heterocycles. The Morgan fingerprint density at radius 1 is 1.09 bits per heavy atom. The number of ether oxygens (including phenoxy) is 2. The van der Waals surface area contributed by atoms with E-state index in [0.29, 0.717) is 48.7 Å². The number of hydrogen-bond acceptors (Lipinski definition) is 5. The summed E-state index contributed by atoms with van der Waals surface area (Å²) in [6, 6.07) is 9.54. The quantitative estimate of drug-likeness (QED) is 0.739. The first-order valence-electron chi connectivity index (χ1n) is 10.8. The van der Waals surface area contributed by atoms with E-state index in [1.54, 1.807) is 25.1 Å². The van der Waals surface area contributed by atoms with Gasteiger partial charge in [0.25, 0.3) is 0 Å². The molecule has 2 aliphatic heterocycles. The molecule has 1 fully saturated rings. The van der Waals surface area contributed by atoms with Crippen LogP contribution in [0.3, 0.4) is 0 Å². The van der Waals surface area contributed by atoms with E-state index < -0.39 is 10.0 Å². The number of hydrogen-bond donors (Lipinski definition) is 1. The Morgan fingerprint density at radius 3 is 2.53 bits per heavy atom. The van der Waals surface area contributed by atoms with E-state index in [-0.39, 0.29) is 42.2 Å². The summed E-state index contributed by atoms with van der Waals surface area (Å²) < 4.78 is 52.5. The van der Waals surface area contributed by atoms with E-state index in [1.165, 1.54) is 22.5 Å². The maximum atomic E-state index is 13.7. The average Bonchev–Trinajstić information content (AvgIpc) is 3.04. The zero-order valence-corrected chi connectivity index (χ0v) is 18.8. The van der Waals surface area contributed by atoms with Crippen LogP contribution in [0.1, 0.15) is 30.4 Å². The van der Waals surface area contributed by atoms with Crippen LogP contribution in [-0.4, -0.2) is 44.9 Å². The Bertz CT molecular complexity index is 1100. The summed E-state index contributed by atoms with van der Waals surface area (Å²) in [5, 5.41) is 2.84. The standard InChI is InChI=1S/C23H27FN2O5S/c1-16-3-4-17(13-20(16)24)15-25-23(27)18-7-9-26(10-8-18)32(28,29)19-5-6-21-22(14-19)31-12-2-11-30-21/h3-6,13-14,18H,2,7-12,15H2,1H3,(H,25,27). The normalized spacial score (nSPS) is 17.6. The number of benzene rings is 2. The minimum Gasteiger partial charge on any atom is -0.490 e. The number of rotatable bonds is 5. The third-order valence-corrected chi connectivity index (χ3v) is 7.78. The molecule has 0 radical (unpaired) electrons. The van der Waals surface area contributed by atoms with Crippen molar-refractivity contribution in [3.05, 3.63) is 53.3 Å². The number of nitrogens with zero attached hydrogens (tertiary/aromatic N) is 1. The van der Waals surface area contributed by atoms with Crippen LogP contribution in [0.15, 0.2) is 41.3 Å². The Hall–Kier alpha value is -2.65. The third kappa shape index (κ3) is 4.88. The van der Waals surface area contributed by atoms with Crippen molar-refractivity contribution in [1.82, 2.24) is 9.62 Å². The largest absolute Gasteiger partial charge is 0.490 e. The summed E-state index contributed by atoms with van der Waals surface area (Å²) in [5.74, 6) is 0.264. The molecule has 1 amide bonds. The molecule has 32 heavy (non-hydrogen) atoms. The monoisotopic (exact) mass is 462 g/mol. The SMILES string of the molecule is Cc1ccc(CNC(=O)C2CCN(S(=O)(=O)c3ccc4c(c3)OCCCO4)CC2)cc1F. The van der Waals surface area contributed by atoms with Gasteiger partial charge < -0.3 is 14.8 Å². The van der Waals surface area contributed by atoms with E-state index in [4.69, 9.17) is 9.47 Å². The maximum Gasteiger partial charge on any atom is 0.243 e. The van der Waals surface area contributed by atoms with Gasteiger partial charge in [-0.05, 0) is 49.1 Å². The van der Waals surface area contributed by atoms with Gasteiger partial charge in [-0.3, -0.25) is 4.79 Å². The molecule has 0 saturated carbocycles. The van der Waals surface area contributed by atoms with Gasteiger partial charge >= 0.3 is 0 Å². The molecule has 0 bridgehead atoms. The second-order valence-electron chi connectivity index (χ2n) is 8.14. The van der Waals surface area contributed by atoms with Crippen LogP contribution in [0.25, 0.3) is 0 Å². The molecule has 0 unspecified atom stereocenters. The summed E-state index contributed by atoms with van der Waals surface area (Å²) in [6.07, 6.45) is 1.60. The molecule has 2 aliphatic rings. The molecule has 9 heteroatoms. The first-order chi connectivity index (χ1) is 15.3. The summed E-state index contributed by atoms with van der Waals surface area (Å²) in [6.45, 7) is 3.46. The molecular weight excluding hydrogens is 435 g/mol. The topological polar surface area (TPSA) is 84.9 Å². The van der Waals surface area contributed by atoms with Gasteiger partial charge in [-0.1, -0.05) is 12.1 Å². The number of sulfonamides is 1. The number of amides is 1. The molecule has 7 nitrogen and oxygen atoms in total. The van der Waals surface area contributed by atoms with Crippen molar-refractivity contribution in [1.29, 1.82) is 0 Å². The van der Waals surface area contributed by atoms with Crippen LogP contribution in [0.5, 0.6) is 11.5 Å². The zero-order chi connectivity index (χ0) is 22.7. The number of fused-ring (bicyclic) bond motifs is 1. The van der Waals surface area contributed by atoms with Crippen LogP contribution < -0.4 is 14.8 Å². The fourth-order valence-electron chi connectivity index (χ4n) is 3.89. The fourth-order valence-corrected chi connectivity index (χ4v) is 5.38. The van der Waals surface area contributed by atoms with Crippen molar-refractivity contribution in [2.75, 3.05) is 26.3 Å². The number of halogens is 1. The Balaban J connectivity index is 1.34. The van der Waals surface area contributed by atoms with Gasteiger partial charge in [-0.2, -0.15) is 4.31 Å². The number of carbonyl (C=O) groups is 1. The van der Waals surface area contributed by atoms with Crippen LogP contribution in [0.2, 0.25) is 0 Å². The Kier molecular flexibility index (Phi) is 6.66.